The molecule has 118 valence electrons. The Bertz CT molecular complexity index is 529. The zero-order valence-electron chi connectivity index (χ0n) is 13.2. The number of hydrogen-bond acceptors (Lipinski definition) is 1. The van der Waals surface area contributed by atoms with Crippen LogP contribution in [0.3, 0.4) is 0 Å². The van der Waals surface area contributed by atoms with E-state index in [4.69, 9.17) is 0 Å². The third kappa shape index (κ3) is 4.86. The SMILES string of the molecule is Cl.c1ccc(-c2ccc(CCCN3CCCCC3)cc2)cc1. The Hall–Kier alpha value is -1.31. The van der Waals surface area contributed by atoms with E-state index in [2.05, 4.69) is 59.5 Å². The van der Waals surface area contributed by atoms with Crippen molar-refractivity contribution in [3.63, 3.8) is 0 Å². The molecule has 3 rings (SSSR count). The second-order valence-electron chi connectivity index (χ2n) is 6.07. The minimum Gasteiger partial charge on any atom is -0.303 e. The number of likely N-dealkylation sites (tertiary alicyclic amines) is 1. The van der Waals surface area contributed by atoms with Gasteiger partial charge in [0.25, 0.3) is 0 Å². The molecule has 1 aliphatic rings. The molecule has 2 aromatic carbocycles. The van der Waals surface area contributed by atoms with Crippen LogP contribution in [0.25, 0.3) is 11.1 Å². The first-order valence-electron chi connectivity index (χ1n) is 8.28. The average Bonchev–Trinajstić information content (AvgIpc) is 2.57. The van der Waals surface area contributed by atoms with Gasteiger partial charge in [0.05, 0.1) is 0 Å². The number of nitrogens with zero attached hydrogens (tertiary/aromatic N) is 1. The predicted octanol–water partition coefficient (Wildman–Crippen LogP) is 5.19. The summed E-state index contributed by atoms with van der Waals surface area (Å²) in [6.45, 7) is 3.89. The van der Waals surface area contributed by atoms with E-state index in [9.17, 15) is 0 Å². The molecule has 0 N–H and O–H groups in total. The Balaban J connectivity index is 0.00000176. The lowest BCUT2D eigenvalue weighted by Gasteiger charge is -2.26. The first kappa shape index (κ1) is 17.1. The highest BCUT2D eigenvalue weighted by Crippen LogP contribution is 2.19. The number of piperidine rings is 1. The molecule has 1 fully saturated rings. The van der Waals surface area contributed by atoms with Crippen molar-refractivity contribution in [3.8, 4) is 11.1 Å². The fourth-order valence-corrected chi connectivity index (χ4v) is 3.18. The largest absolute Gasteiger partial charge is 0.303 e. The van der Waals surface area contributed by atoms with Gasteiger partial charge in [0.1, 0.15) is 0 Å². The molecule has 2 heteroatoms. The van der Waals surface area contributed by atoms with E-state index >= 15 is 0 Å². The summed E-state index contributed by atoms with van der Waals surface area (Å²) in [7, 11) is 0. The van der Waals surface area contributed by atoms with Gasteiger partial charge < -0.3 is 4.90 Å². The van der Waals surface area contributed by atoms with Gasteiger partial charge >= 0.3 is 0 Å². The van der Waals surface area contributed by atoms with Crippen LogP contribution in [0, 0.1) is 0 Å². The van der Waals surface area contributed by atoms with E-state index in [0.717, 1.165) is 0 Å². The molecule has 1 nitrogen and oxygen atoms in total. The molecule has 0 saturated carbocycles. The van der Waals surface area contributed by atoms with E-state index in [-0.39, 0.29) is 12.4 Å². The van der Waals surface area contributed by atoms with Crippen molar-refractivity contribution in [3.05, 3.63) is 60.2 Å². The van der Waals surface area contributed by atoms with Gasteiger partial charge in [0.2, 0.25) is 0 Å². The minimum absolute atomic E-state index is 0. The number of rotatable bonds is 5. The molecule has 0 unspecified atom stereocenters. The Morgan fingerprint density at radius 1 is 0.727 bits per heavy atom. The minimum atomic E-state index is 0. The lowest BCUT2D eigenvalue weighted by atomic mass is 10.0. The van der Waals surface area contributed by atoms with Gasteiger partial charge in [0, 0.05) is 0 Å². The maximum atomic E-state index is 2.63. The van der Waals surface area contributed by atoms with Crippen molar-refractivity contribution in [2.24, 2.45) is 0 Å². The average molecular weight is 316 g/mol. The number of aryl methyl sites for hydroxylation is 1. The Labute approximate surface area is 140 Å². The molecule has 0 amide bonds. The van der Waals surface area contributed by atoms with Crippen LogP contribution in [0.5, 0.6) is 0 Å². The van der Waals surface area contributed by atoms with Crippen molar-refractivity contribution in [2.75, 3.05) is 19.6 Å². The summed E-state index contributed by atoms with van der Waals surface area (Å²) in [6, 6.07) is 19.7. The number of benzene rings is 2. The Kier molecular flexibility index (Phi) is 6.95. The standard InChI is InChI=1S/C20H25N.ClH/c1-3-9-19(10-4-1)20-13-11-18(12-14-20)8-7-17-21-15-5-2-6-16-21;/h1,3-4,9-14H,2,5-8,15-17H2;1H. The van der Waals surface area contributed by atoms with Crippen LogP contribution in [-0.4, -0.2) is 24.5 Å². The van der Waals surface area contributed by atoms with Crippen molar-refractivity contribution in [1.82, 2.24) is 4.90 Å². The molecule has 0 atom stereocenters. The van der Waals surface area contributed by atoms with E-state index in [1.807, 2.05) is 0 Å². The fraction of sp³-hybridized carbons (Fsp3) is 0.400. The van der Waals surface area contributed by atoms with Gasteiger partial charge in [-0.1, -0.05) is 61.0 Å². The highest BCUT2D eigenvalue weighted by atomic mass is 35.5. The zero-order chi connectivity index (χ0) is 14.3. The summed E-state index contributed by atoms with van der Waals surface area (Å²) < 4.78 is 0. The second kappa shape index (κ2) is 8.97. The van der Waals surface area contributed by atoms with Gasteiger partial charge in [-0.2, -0.15) is 0 Å². The molecule has 0 spiro atoms. The van der Waals surface area contributed by atoms with Crippen LogP contribution in [-0.2, 0) is 6.42 Å². The molecular weight excluding hydrogens is 290 g/mol. The quantitative estimate of drug-likeness (QED) is 0.733. The Morgan fingerprint density at radius 2 is 1.36 bits per heavy atom. The van der Waals surface area contributed by atoms with Crippen molar-refractivity contribution < 1.29 is 0 Å². The summed E-state index contributed by atoms with van der Waals surface area (Å²) in [4.78, 5) is 2.63. The molecule has 1 aliphatic heterocycles. The topological polar surface area (TPSA) is 3.24 Å². The molecule has 1 heterocycles. The van der Waals surface area contributed by atoms with Gasteiger partial charge in [-0.25, -0.2) is 0 Å². The molecule has 0 aromatic heterocycles. The third-order valence-electron chi connectivity index (χ3n) is 4.45. The first-order valence-corrected chi connectivity index (χ1v) is 8.28. The fourth-order valence-electron chi connectivity index (χ4n) is 3.18. The molecular formula is C20H26ClN. The van der Waals surface area contributed by atoms with Gasteiger partial charge in [0.15, 0.2) is 0 Å². The van der Waals surface area contributed by atoms with E-state index in [1.54, 1.807) is 0 Å². The van der Waals surface area contributed by atoms with E-state index in [1.165, 1.54) is 68.4 Å². The molecule has 0 bridgehead atoms. The molecule has 1 saturated heterocycles. The highest BCUT2D eigenvalue weighted by molar-refractivity contribution is 5.85. The molecule has 0 aliphatic carbocycles. The molecule has 0 radical (unpaired) electrons. The second-order valence-corrected chi connectivity index (χ2v) is 6.07. The van der Waals surface area contributed by atoms with Gasteiger partial charge in [-0.3, -0.25) is 0 Å². The summed E-state index contributed by atoms with van der Waals surface area (Å²) >= 11 is 0. The predicted molar refractivity (Wildman–Crippen MR) is 97.7 cm³/mol. The maximum Gasteiger partial charge on any atom is -0.00156 e. The monoisotopic (exact) mass is 315 g/mol. The highest BCUT2D eigenvalue weighted by Gasteiger charge is 2.09. The van der Waals surface area contributed by atoms with Crippen LogP contribution < -0.4 is 0 Å². The lowest BCUT2D eigenvalue weighted by molar-refractivity contribution is 0.226. The summed E-state index contributed by atoms with van der Waals surface area (Å²) in [5.41, 5.74) is 4.08. The molecule has 22 heavy (non-hydrogen) atoms. The third-order valence-corrected chi connectivity index (χ3v) is 4.45. The Morgan fingerprint density at radius 3 is 2.05 bits per heavy atom. The first-order chi connectivity index (χ1) is 10.4. The van der Waals surface area contributed by atoms with Crippen LogP contribution in [0.4, 0.5) is 0 Å². The lowest BCUT2D eigenvalue weighted by Crippen LogP contribution is -2.30. The number of halogens is 1. The molecule has 2 aromatic rings. The van der Waals surface area contributed by atoms with Crippen LogP contribution in [0.15, 0.2) is 54.6 Å². The van der Waals surface area contributed by atoms with E-state index in [0.29, 0.717) is 0 Å². The van der Waals surface area contributed by atoms with Crippen molar-refractivity contribution in [2.45, 2.75) is 32.1 Å². The van der Waals surface area contributed by atoms with Crippen molar-refractivity contribution >= 4 is 12.4 Å². The van der Waals surface area contributed by atoms with Crippen LogP contribution in [0.1, 0.15) is 31.2 Å². The summed E-state index contributed by atoms with van der Waals surface area (Å²) in [5, 5.41) is 0. The normalized spacial score (nSPS) is 15.3. The van der Waals surface area contributed by atoms with E-state index < -0.39 is 0 Å². The van der Waals surface area contributed by atoms with Crippen molar-refractivity contribution in [1.29, 1.82) is 0 Å². The number of hydrogen-bond donors (Lipinski definition) is 0. The van der Waals surface area contributed by atoms with Gasteiger partial charge in [-0.05, 0) is 62.0 Å². The van der Waals surface area contributed by atoms with Crippen LogP contribution in [0.2, 0.25) is 0 Å². The van der Waals surface area contributed by atoms with Crippen LogP contribution >= 0.6 is 12.4 Å². The summed E-state index contributed by atoms with van der Waals surface area (Å²) in [6.07, 6.45) is 6.70. The van der Waals surface area contributed by atoms with Gasteiger partial charge in [-0.15, -0.1) is 12.4 Å². The summed E-state index contributed by atoms with van der Waals surface area (Å²) in [5.74, 6) is 0. The smallest absolute Gasteiger partial charge is 0.00156 e. The maximum absolute atomic E-state index is 2.63. The zero-order valence-corrected chi connectivity index (χ0v) is 14.0.